The average Bonchev–Trinajstić information content (AvgIpc) is 2.04. The van der Waals surface area contributed by atoms with Crippen molar-refractivity contribution in [2.75, 3.05) is 0 Å². The van der Waals surface area contributed by atoms with Crippen molar-refractivity contribution < 1.29 is 65.4 Å². The molecule has 0 saturated carbocycles. The van der Waals surface area contributed by atoms with Crippen LogP contribution in [-0.4, -0.2) is 0 Å². The first-order valence-corrected chi connectivity index (χ1v) is 3.64. The van der Waals surface area contributed by atoms with Crippen LogP contribution in [0.2, 0.25) is 0 Å². The number of hydrogen-bond acceptors (Lipinski definition) is 0. The molecule has 0 fully saturated rings. The third kappa shape index (κ3) is 3.51. The van der Waals surface area contributed by atoms with Crippen LogP contribution in [0.15, 0.2) is 30.3 Å². The van der Waals surface area contributed by atoms with Gasteiger partial charge in [0.2, 0.25) is 0 Å². The zero-order valence-electron chi connectivity index (χ0n) is 7.54. The zero-order valence-corrected chi connectivity index (χ0v) is 13.2. The molecule has 60 valence electrons. The van der Waals surface area contributed by atoms with Gasteiger partial charge in [0.05, 0.1) is 0 Å². The van der Waals surface area contributed by atoms with Crippen molar-refractivity contribution in [1.29, 1.82) is 0 Å². The van der Waals surface area contributed by atoms with Crippen molar-refractivity contribution in [3.8, 4) is 0 Å². The van der Waals surface area contributed by atoms with E-state index in [1.54, 1.807) is 0 Å². The van der Waals surface area contributed by atoms with E-state index in [-0.39, 0.29) is 65.4 Å². The Morgan fingerprint density at radius 2 is 1.92 bits per heavy atom. The minimum atomic E-state index is 0. The van der Waals surface area contributed by atoms with Gasteiger partial charge in [0.15, 0.2) is 0 Å². The van der Waals surface area contributed by atoms with E-state index in [0.29, 0.717) is 0 Å². The summed E-state index contributed by atoms with van der Waals surface area (Å²) < 4.78 is 0. The van der Waals surface area contributed by atoms with Gasteiger partial charge in [0.1, 0.15) is 0 Å². The Balaban J connectivity index is 0.000000720. The molecule has 2 aromatic carbocycles. The summed E-state index contributed by atoms with van der Waals surface area (Å²) in [5.41, 5.74) is 1.28. The van der Waals surface area contributed by atoms with Crippen molar-refractivity contribution in [2.24, 2.45) is 0 Å². The molecule has 0 heterocycles. The molecule has 0 spiro atoms. The Hall–Kier alpha value is 0.908. The van der Waals surface area contributed by atoms with Crippen molar-refractivity contribution in [3.05, 3.63) is 48.0 Å². The van der Waals surface area contributed by atoms with Crippen LogP contribution in [-0.2, 0) is 65.4 Å². The summed E-state index contributed by atoms with van der Waals surface area (Å²) in [6.45, 7) is 2.09. The van der Waals surface area contributed by atoms with Crippen LogP contribution in [0.4, 0.5) is 0 Å². The molecule has 0 amide bonds. The smallest absolute Gasteiger partial charge is 0 e. The van der Waals surface area contributed by atoms with Gasteiger partial charge < -0.3 is 0 Å². The summed E-state index contributed by atoms with van der Waals surface area (Å²) in [5.74, 6) is 0. The Morgan fingerprint density at radius 1 is 1.15 bits per heavy atom. The van der Waals surface area contributed by atoms with Crippen LogP contribution in [0.1, 0.15) is 5.56 Å². The third-order valence-electron chi connectivity index (χ3n) is 1.76. The molecular formula is C11H8Y2-2. The molecule has 0 saturated heterocycles. The van der Waals surface area contributed by atoms with Crippen LogP contribution in [0.5, 0.6) is 0 Å². The van der Waals surface area contributed by atoms with E-state index in [2.05, 4.69) is 37.3 Å². The fraction of sp³-hybridized carbons (Fsp3) is 0.0909. The van der Waals surface area contributed by atoms with E-state index in [1.165, 1.54) is 10.9 Å². The molecule has 0 aliphatic carbocycles. The number of aryl methyl sites for hydroxylation is 1. The normalized spacial score (nSPS) is 8.69. The molecule has 0 aliphatic heterocycles. The molecule has 0 nitrogen and oxygen atoms in total. The van der Waals surface area contributed by atoms with E-state index in [0.717, 1.165) is 5.39 Å². The minimum absolute atomic E-state index is 0. The third-order valence-corrected chi connectivity index (χ3v) is 1.76. The molecule has 2 heteroatoms. The Labute approximate surface area is 129 Å². The predicted molar refractivity (Wildman–Crippen MR) is 46.4 cm³/mol. The Morgan fingerprint density at radius 3 is 2.69 bits per heavy atom. The first-order chi connectivity index (χ1) is 5.36. The number of rotatable bonds is 0. The van der Waals surface area contributed by atoms with Crippen LogP contribution in [0.3, 0.4) is 0 Å². The van der Waals surface area contributed by atoms with Crippen molar-refractivity contribution in [1.82, 2.24) is 0 Å². The molecule has 0 atom stereocenters. The Kier molecular flexibility index (Phi) is 6.85. The second-order valence-electron chi connectivity index (χ2n) is 2.69. The molecule has 2 rings (SSSR count). The van der Waals surface area contributed by atoms with E-state index < -0.39 is 0 Å². The van der Waals surface area contributed by atoms with Gasteiger partial charge in [-0.15, -0.1) is 12.1 Å². The second-order valence-corrected chi connectivity index (χ2v) is 2.69. The maximum atomic E-state index is 3.12. The van der Waals surface area contributed by atoms with Crippen molar-refractivity contribution >= 4 is 10.8 Å². The van der Waals surface area contributed by atoms with Crippen molar-refractivity contribution in [3.63, 3.8) is 0 Å². The van der Waals surface area contributed by atoms with E-state index in [4.69, 9.17) is 0 Å². The van der Waals surface area contributed by atoms with E-state index in [1.807, 2.05) is 12.1 Å². The summed E-state index contributed by atoms with van der Waals surface area (Å²) in [6.07, 6.45) is 0. The number of benzene rings is 2. The predicted octanol–water partition coefficient (Wildman–Crippen LogP) is 2.74. The summed E-state index contributed by atoms with van der Waals surface area (Å²) in [5, 5.41) is 2.38. The second kappa shape index (κ2) is 6.40. The van der Waals surface area contributed by atoms with Gasteiger partial charge in [-0.25, -0.2) is 23.6 Å². The van der Waals surface area contributed by atoms with E-state index >= 15 is 0 Å². The molecule has 0 aliphatic rings. The Bertz CT molecular complexity index is 383. The molecule has 0 bridgehead atoms. The van der Waals surface area contributed by atoms with Gasteiger partial charge in [-0.3, -0.25) is 17.5 Å². The molecule has 0 N–H and O–H groups in total. The van der Waals surface area contributed by atoms with Crippen LogP contribution >= 0.6 is 0 Å². The molecule has 13 heavy (non-hydrogen) atoms. The fourth-order valence-corrected chi connectivity index (χ4v) is 1.18. The summed E-state index contributed by atoms with van der Waals surface area (Å²) in [7, 11) is 0. The van der Waals surface area contributed by atoms with Gasteiger partial charge in [0.25, 0.3) is 0 Å². The first kappa shape index (κ1) is 13.9. The van der Waals surface area contributed by atoms with Gasteiger partial charge in [-0.2, -0.15) is 0 Å². The van der Waals surface area contributed by atoms with Crippen LogP contribution in [0.25, 0.3) is 10.8 Å². The summed E-state index contributed by atoms with van der Waals surface area (Å²) in [6, 6.07) is 16.3. The minimum Gasteiger partial charge on any atom is -0.281 e. The SMILES string of the molecule is Cc1ccc2[c-]c[c-]cc2c1.[Y].[Y]. The standard InChI is InChI=1S/C11H8.2Y/c1-9-6-7-10-4-2-3-5-11(10)8-9;;/h2,5-8H,1H3;;/q-2;;. The average molecular weight is 318 g/mol. The van der Waals surface area contributed by atoms with Gasteiger partial charge in [-0.1, -0.05) is 5.56 Å². The monoisotopic (exact) mass is 318 g/mol. The molecular weight excluding hydrogens is 310 g/mol. The van der Waals surface area contributed by atoms with E-state index in [9.17, 15) is 0 Å². The van der Waals surface area contributed by atoms with Gasteiger partial charge >= 0.3 is 0 Å². The first-order valence-electron chi connectivity index (χ1n) is 3.64. The molecule has 0 unspecified atom stereocenters. The topological polar surface area (TPSA) is 0 Å². The summed E-state index contributed by atoms with van der Waals surface area (Å²) >= 11 is 0. The van der Waals surface area contributed by atoms with Gasteiger partial charge in [-0.05, 0) is 6.92 Å². The zero-order chi connectivity index (χ0) is 7.68. The molecule has 2 aromatic rings. The number of hydrogen-bond donors (Lipinski definition) is 0. The number of fused-ring (bicyclic) bond motifs is 1. The largest absolute Gasteiger partial charge is 0.281 e. The van der Waals surface area contributed by atoms with Crippen LogP contribution in [0, 0.1) is 19.1 Å². The van der Waals surface area contributed by atoms with Gasteiger partial charge in [0, 0.05) is 65.4 Å². The van der Waals surface area contributed by atoms with Crippen LogP contribution < -0.4 is 0 Å². The van der Waals surface area contributed by atoms with Crippen molar-refractivity contribution in [2.45, 2.75) is 6.92 Å². The molecule has 2 radical (unpaired) electrons. The fourth-order valence-electron chi connectivity index (χ4n) is 1.18. The molecule has 0 aromatic heterocycles. The quantitative estimate of drug-likeness (QED) is 0.655. The maximum Gasteiger partial charge on any atom is 0 e. The summed E-state index contributed by atoms with van der Waals surface area (Å²) in [4.78, 5) is 0. The maximum absolute atomic E-state index is 3.12.